The normalized spacial score (nSPS) is 9.50. The van der Waals surface area contributed by atoms with Crippen LogP contribution in [0.3, 0.4) is 0 Å². The lowest BCUT2D eigenvalue weighted by molar-refractivity contribution is -0.133. The van der Waals surface area contributed by atoms with E-state index in [1.54, 1.807) is 14.1 Å². The molecule has 2 amide bonds. The van der Waals surface area contributed by atoms with Gasteiger partial charge in [-0.1, -0.05) is 0 Å². The number of amides is 2. The summed E-state index contributed by atoms with van der Waals surface area (Å²) in [5, 5.41) is 0. The Morgan fingerprint density at radius 2 is 2.08 bits per heavy atom. The lowest BCUT2D eigenvalue weighted by Crippen LogP contribution is -2.34. The lowest BCUT2D eigenvalue weighted by Gasteiger charge is -2.09. The Morgan fingerprint density at radius 1 is 1.50 bits per heavy atom. The smallest absolute Gasteiger partial charge is 0.245 e. The molecule has 0 aliphatic heterocycles. The number of primary amides is 1. The number of nitrogens with two attached hydrogens (primary N) is 1. The highest BCUT2D eigenvalue weighted by atomic mass is 16.6. The van der Waals surface area contributed by atoms with Crippen LogP contribution < -0.4 is 11.2 Å². The maximum atomic E-state index is 10.9. The maximum absolute atomic E-state index is 10.9. The number of carbonyl (C=O) groups is 2. The number of nitrogens with one attached hydrogen (secondary N) is 1. The summed E-state index contributed by atoms with van der Waals surface area (Å²) in [6.07, 6.45) is 0. The summed E-state index contributed by atoms with van der Waals surface area (Å²) >= 11 is 0. The number of hydrogen-bond acceptors (Lipinski definition) is 4. The molecule has 70 valence electrons. The van der Waals surface area contributed by atoms with Gasteiger partial charge in [-0.25, -0.2) is 0 Å². The monoisotopic (exact) mass is 175 g/mol. The van der Waals surface area contributed by atoms with Gasteiger partial charge in [-0.05, 0) is 0 Å². The van der Waals surface area contributed by atoms with E-state index in [4.69, 9.17) is 5.73 Å². The zero-order chi connectivity index (χ0) is 9.56. The molecule has 6 heteroatoms. The predicted molar refractivity (Wildman–Crippen MR) is 41.8 cm³/mol. The molecule has 3 N–H and O–H groups in total. The van der Waals surface area contributed by atoms with E-state index in [1.807, 2.05) is 0 Å². The second-order valence-electron chi connectivity index (χ2n) is 2.36. The predicted octanol–water partition coefficient (Wildman–Crippen LogP) is -1.92. The molecule has 0 radical (unpaired) electrons. The molecular formula is C6H13N3O3. The third kappa shape index (κ3) is 5.63. The van der Waals surface area contributed by atoms with Crippen LogP contribution in [0.15, 0.2) is 0 Å². The fourth-order valence-electron chi connectivity index (χ4n) is 0.393. The van der Waals surface area contributed by atoms with Gasteiger partial charge in [0.25, 0.3) is 0 Å². The van der Waals surface area contributed by atoms with Crippen LogP contribution in [0.4, 0.5) is 0 Å². The third-order valence-corrected chi connectivity index (χ3v) is 1.04. The van der Waals surface area contributed by atoms with E-state index in [0.717, 1.165) is 0 Å². The molecule has 0 saturated carbocycles. The fraction of sp³-hybridized carbons (Fsp3) is 0.667. The first-order valence-electron chi connectivity index (χ1n) is 3.37. The van der Waals surface area contributed by atoms with Crippen molar-refractivity contribution in [2.45, 2.75) is 0 Å². The van der Waals surface area contributed by atoms with Crippen molar-refractivity contribution in [3.05, 3.63) is 0 Å². The third-order valence-electron chi connectivity index (χ3n) is 1.04. The first kappa shape index (κ1) is 10.9. The minimum absolute atomic E-state index is 0.0281. The molecule has 12 heavy (non-hydrogen) atoms. The van der Waals surface area contributed by atoms with E-state index >= 15 is 0 Å². The summed E-state index contributed by atoms with van der Waals surface area (Å²) in [5.41, 5.74) is 7.08. The second kappa shape index (κ2) is 5.50. The summed E-state index contributed by atoms with van der Waals surface area (Å²) in [6, 6.07) is 0. The van der Waals surface area contributed by atoms with Crippen LogP contribution in [-0.4, -0.2) is 44.0 Å². The lowest BCUT2D eigenvalue weighted by atomic mass is 10.6. The molecule has 0 aromatic rings. The SMILES string of the molecule is CN(C)C(=O)CNOCC(N)=O. The largest absolute Gasteiger partial charge is 0.368 e. The van der Waals surface area contributed by atoms with Gasteiger partial charge in [0.1, 0.15) is 13.2 Å². The molecule has 0 bridgehead atoms. The Morgan fingerprint density at radius 3 is 2.50 bits per heavy atom. The summed E-state index contributed by atoms with van der Waals surface area (Å²) in [5.74, 6) is -0.723. The minimum Gasteiger partial charge on any atom is -0.368 e. The first-order chi connectivity index (χ1) is 5.54. The van der Waals surface area contributed by atoms with E-state index in [1.165, 1.54) is 4.90 Å². The van der Waals surface area contributed by atoms with E-state index in [9.17, 15) is 9.59 Å². The number of hydroxylamine groups is 1. The van der Waals surface area contributed by atoms with Crippen LogP contribution in [0, 0.1) is 0 Å². The Bertz CT molecular complexity index is 169. The molecule has 0 saturated heterocycles. The number of carbonyl (C=O) groups excluding carboxylic acids is 2. The number of rotatable bonds is 5. The van der Waals surface area contributed by atoms with Crippen molar-refractivity contribution in [3.63, 3.8) is 0 Å². The minimum atomic E-state index is -0.584. The maximum Gasteiger partial charge on any atom is 0.245 e. The molecule has 0 aromatic carbocycles. The summed E-state index contributed by atoms with van der Waals surface area (Å²) in [7, 11) is 3.25. The van der Waals surface area contributed by atoms with E-state index in [-0.39, 0.29) is 19.1 Å². The molecule has 0 aliphatic rings. The van der Waals surface area contributed by atoms with Gasteiger partial charge in [-0.15, -0.1) is 0 Å². The van der Waals surface area contributed by atoms with Gasteiger partial charge in [0, 0.05) is 14.1 Å². The summed E-state index contributed by atoms with van der Waals surface area (Å²) in [6.45, 7) is -0.207. The standard InChI is InChI=1S/C6H13N3O3/c1-9(2)6(11)3-8-12-4-5(7)10/h8H,3-4H2,1-2H3,(H2,7,10). The Labute approximate surface area is 70.6 Å². The van der Waals surface area contributed by atoms with Crippen molar-refractivity contribution in [1.29, 1.82) is 0 Å². The topological polar surface area (TPSA) is 84.7 Å². The summed E-state index contributed by atoms with van der Waals surface area (Å²) in [4.78, 5) is 26.9. The Kier molecular flexibility index (Phi) is 4.98. The van der Waals surface area contributed by atoms with Gasteiger partial charge in [0.05, 0.1) is 0 Å². The number of likely N-dealkylation sites (N-methyl/N-ethyl adjacent to an activating group) is 1. The average molecular weight is 175 g/mol. The van der Waals surface area contributed by atoms with Crippen molar-refractivity contribution in [3.8, 4) is 0 Å². The number of nitrogens with zero attached hydrogens (tertiary/aromatic N) is 1. The van der Waals surface area contributed by atoms with Crippen LogP contribution in [0.5, 0.6) is 0 Å². The highest BCUT2D eigenvalue weighted by Crippen LogP contribution is 1.75. The fourth-order valence-corrected chi connectivity index (χ4v) is 0.393. The van der Waals surface area contributed by atoms with Gasteiger partial charge in [0.15, 0.2) is 0 Å². The van der Waals surface area contributed by atoms with Gasteiger partial charge < -0.3 is 10.6 Å². The Balaban J connectivity index is 3.32. The van der Waals surface area contributed by atoms with Gasteiger partial charge in [-0.3, -0.25) is 14.4 Å². The zero-order valence-electron chi connectivity index (χ0n) is 7.16. The zero-order valence-corrected chi connectivity index (χ0v) is 7.16. The quantitative estimate of drug-likeness (QED) is 0.377. The highest BCUT2D eigenvalue weighted by molar-refractivity contribution is 5.77. The van der Waals surface area contributed by atoms with Gasteiger partial charge in [0.2, 0.25) is 11.8 Å². The van der Waals surface area contributed by atoms with Crippen LogP contribution in [0.2, 0.25) is 0 Å². The van der Waals surface area contributed by atoms with Crippen LogP contribution in [0.25, 0.3) is 0 Å². The molecule has 0 aromatic heterocycles. The van der Waals surface area contributed by atoms with Crippen molar-refractivity contribution in [2.24, 2.45) is 5.73 Å². The van der Waals surface area contributed by atoms with Gasteiger partial charge >= 0.3 is 0 Å². The molecule has 0 aliphatic carbocycles. The van der Waals surface area contributed by atoms with E-state index in [0.29, 0.717) is 0 Å². The average Bonchev–Trinajstić information content (AvgIpc) is 1.97. The van der Waals surface area contributed by atoms with Gasteiger partial charge in [-0.2, -0.15) is 5.48 Å². The molecule has 0 rings (SSSR count). The van der Waals surface area contributed by atoms with Crippen molar-refractivity contribution in [2.75, 3.05) is 27.2 Å². The highest BCUT2D eigenvalue weighted by Gasteiger charge is 2.02. The molecular weight excluding hydrogens is 162 g/mol. The molecule has 0 atom stereocenters. The van der Waals surface area contributed by atoms with Crippen LogP contribution in [0.1, 0.15) is 0 Å². The van der Waals surface area contributed by atoms with E-state index in [2.05, 4.69) is 10.3 Å². The van der Waals surface area contributed by atoms with Crippen molar-refractivity contribution >= 4 is 11.8 Å². The summed E-state index contributed by atoms with van der Waals surface area (Å²) < 4.78 is 0. The molecule has 6 nitrogen and oxygen atoms in total. The first-order valence-corrected chi connectivity index (χ1v) is 3.37. The molecule has 0 unspecified atom stereocenters. The Hall–Kier alpha value is -1.14. The number of hydrogen-bond donors (Lipinski definition) is 2. The molecule has 0 heterocycles. The van der Waals surface area contributed by atoms with Crippen molar-refractivity contribution < 1.29 is 14.4 Å². The van der Waals surface area contributed by atoms with E-state index < -0.39 is 5.91 Å². The van der Waals surface area contributed by atoms with Crippen molar-refractivity contribution in [1.82, 2.24) is 10.4 Å². The second-order valence-corrected chi connectivity index (χ2v) is 2.36. The van der Waals surface area contributed by atoms with Crippen LogP contribution >= 0.6 is 0 Å². The molecule has 0 spiro atoms. The van der Waals surface area contributed by atoms with Crippen LogP contribution in [-0.2, 0) is 14.4 Å². The molecule has 0 fully saturated rings.